The van der Waals surface area contributed by atoms with E-state index in [-0.39, 0.29) is 30.1 Å². The summed E-state index contributed by atoms with van der Waals surface area (Å²) in [5.41, 5.74) is 3.07. The van der Waals surface area contributed by atoms with Crippen molar-refractivity contribution in [2.45, 2.75) is 13.0 Å². The zero-order valence-corrected chi connectivity index (χ0v) is 17.1. The number of hydrogen-bond donors (Lipinski definition) is 2. The highest BCUT2D eigenvalue weighted by Gasteiger charge is 2.13. The standard InChI is InChI=1S/C23H21FN4O3/c1-14(13-31-19-8-6-18(24)7-9-19)26-22(29)16-5-3-4-15(10-16)17-11-20-21(25-12-17)27-23(30)28(20)2/h3-12,14H,13H2,1-2H3,(H,26,29)(H,25,27,30). The number of aromatic amines is 1. The lowest BCUT2D eigenvalue weighted by Crippen LogP contribution is -2.36. The summed E-state index contributed by atoms with van der Waals surface area (Å²) in [6, 6.07) is 14.5. The predicted molar refractivity (Wildman–Crippen MR) is 116 cm³/mol. The van der Waals surface area contributed by atoms with Crippen molar-refractivity contribution in [3.8, 4) is 16.9 Å². The molecule has 4 rings (SSSR count). The Morgan fingerprint density at radius 3 is 2.74 bits per heavy atom. The Morgan fingerprint density at radius 1 is 1.19 bits per heavy atom. The van der Waals surface area contributed by atoms with E-state index in [4.69, 9.17) is 4.74 Å². The molecule has 1 amide bonds. The van der Waals surface area contributed by atoms with E-state index in [0.29, 0.717) is 22.5 Å². The number of aryl methyl sites for hydroxylation is 1. The van der Waals surface area contributed by atoms with E-state index < -0.39 is 0 Å². The van der Waals surface area contributed by atoms with E-state index in [1.54, 1.807) is 43.6 Å². The number of rotatable bonds is 6. The van der Waals surface area contributed by atoms with Gasteiger partial charge in [0, 0.05) is 24.4 Å². The Balaban J connectivity index is 1.46. The number of carbonyl (C=O) groups excluding carboxylic acids is 1. The molecule has 4 aromatic rings. The van der Waals surface area contributed by atoms with Crippen molar-refractivity contribution in [1.82, 2.24) is 19.9 Å². The molecule has 1 atom stereocenters. The molecule has 0 bridgehead atoms. The SMILES string of the molecule is CC(COc1ccc(F)cc1)NC(=O)c1cccc(-c2cnc3[nH]c(=O)n(C)c3c2)c1. The Hall–Kier alpha value is -3.94. The van der Waals surface area contributed by atoms with Crippen LogP contribution in [-0.2, 0) is 7.05 Å². The van der Waals surface area contributed by atoms with Gasteiger partial charge in [0.2, 0.25) is 0 Å². The van der Waals surface area contributed by atoms with Gasteiger partial charge in [-0.1, -0.05) is 12.1 Å². The number of carbonyl (C=O) groups is 1. The van der Waals surface area contributed by atoms with Gasteiger partial charge in [-0.3, -0.25) is 14.3 Å². The number of nitrogens with zero attached hydrogens (tertiary/aromatic N) is 2. The van der Waals surface area contributed by atoms with Gasteiger partial charge < -0.3 is 10.1 Å². The van der Waals surface area contributed by atoms with Crippen LogP contribution in [0.3, 0.4) is 0 Å². The largest absolute Gasteiger partial charge is 0.491 e. The third-order valence-electron chi connectivity index (χ3n) is 4.91. The van der Waals surface area contributed by atoms with Gasteiger partial charge in [-0.15, -0.1) is 0 Å². The Morgan fingerprint density at radius 2 is 1.97 bits per heavy atom. The van der Waals surface area contributed by atoms with Crippen LogP contribution in [0.4, 0.5) is 4.39 Å². The van der Waals surface area contributed by atoms with E-state index in [1.165, 1.54) is 16.7 Å². The van der Waals surface area contributed by atoms with Crippen LogP contribution >= 0.6 is 0 Å². The molecule has 0 saturated carbocycles. The fourth-order valence-electron chi connectivity index (χ4n) is 3.20. The van der Waals surface area contributed by atoms with Gasteiger partial charge in [0.05, 0.1) is 11.6 Å². The topological polar surface area (TPSA) is 89.0 Å². The molecule has 0 spiro atoms. The minimum atomic E-state index is -0.332. The molecule has 0 aliphatic rings. The van der Waals surface area contributed by atoms with Crippen LogP contribution in [-0.4, -0.2) is 33.1 Å². The second kappa shape index (κ2) is 8.43. The number of hydrogen-bond acceptors (Lipinski definition) is 4. The van der Waals surface area contributed by atoms with Crippen LogP contribution in [0.2, 0.25) is 0 Å². The normalized spacial score (nSPS) is 12.0. The number of fused-ring (bicyclic) bond motifs is 1. The minimum absolute atomic E-state index is 0.232. The van der Waals surface area contributed by atoms with Gasteiger partial charge in [-0.25, -0.2) is 14.2 Å². The van der Waals surface area contributed by atoms with Crippen LogP contribution in [0, 0.1) is 5.82 Å². The third kappa shape index (κ3) is 4.48. The Labute approximate surface area is 177 Å². The second-order valence-electron chi connectivity index (χ2n) is 7.30. The first-order valence-electron chi connectivity index (χ1n) is 9.75. The first-order valence-corrected chi connectivity index (χ1v) is 9.75. The quantitative estimate of drug-likeness (QED) is 0.501. The van der Waals surface area contributed by atoms with Gasteiger partial charge in [0.15, 0.2) is 5.65 Å². The van der Waals surface area contributed by atoms with Gasteiger partial charge in [0.1, 0.15) is 18.2 Å². The molecule has 0 aliphatic carbocycles. The number of aromatic nitrogens is 3. The Kier molecular flexibility index (Phi) is 5.53. The summed E-state index contributed by atoms with van der Waals surface area (Å²) < 4.78 is 20.0. The molecule has 31 heavy (non-hydrogen) atoms. The van der Waals surface area contributed by atoms with Crippen molar-refractivity contribution in [3.05, 3.63) is 82.7 Å². The maximum Gasteiger partial charge on any atom is 0.327 e. The van der Waals surface area contributed by atoms with E-state index in [9.17, 15) is 14.0 Å². The van der Waals surface area contributed by atoms with Gasteiger partial charge >= 0.3 is 5.69 Å². The zero-order chi connectivity index (χ0) is 22.0. The van der Waals surface area contributed by atoms with Crippen LogP contribution in [0.1, 0.15) is 17.3 Å². The number of pyridine rings is 1. The molecule has 0 aliphatic heterocycles. The summed E-state index contributed by atoms with van der Waals surface area (Å²) in [7, 11) is 1.67. The molecule has 158 valence electrons. The highest BCUT2D eigenvalue weighted by atomic mass is 19.1. The number of halogens is 1. The van der Waals surface area contributed by atoms with Gasteiger partial charge in [0.25, 0.3) is 5.91 Å². The van der Waals surface area contributed by atoms with E-state index >= 15 is 0 Å². The molecular formula is C23H21FN4O3. The molecule has 8 heteroatoms. The first-order chi connectivity index (χ1) is 14.9. The van der Waals surface area contributed by atoms with Crippen molar-refractivity contribution in [2.75, 3.05) is 6.61 Å². The minimum Gasteiger partial charge on any atom is -0.491 e. The highest BCUT2D eigenvalue weighted by molar-refractivity contribution is 5.95. The van der Waals surface area contributed by atoms with E-state index in [1.807, 2.05) is 19.1 Å². The number of nitrogens with one attached hydrogen (secondary N) is 2. The number of imidazole rings is 1. The van der Waals surface area contributed by atoms with Gasteiger partial charge in [-0.2, -0.15) is 0 Å². The molecule has 0 fully saturated rings. The van der Waals surface area contributed by atoms with Crippen LogP contribution in [0.5, 0.6) is 5.75 Å². The first kappa shape index (κ1) is 20.3. The van der Waals surface area contributed by atoms with Gasteiger partial charge in [-0.05, 0) is 55.0 Å². The molecule has 1 unspecified atom stereocenters. The zero-order valence-electron chi connectivity index (χ0n) is 17.1. The summed E-state index contributed by atoms with van der Waals surface area (Å²) in [5, 5.41) is 2.89. The lowest BCUT2D eigenvalue weighted by atomic mass is 10.0. The number of amides is 1. The average Bonchev–Trinajstić information content (AvgIpc) is 3.06. The van der Waals surface area contributed by atoms with Crippen molar-refractivity contribution in [3.63, 3.8) is 0 Å². The molecule has 2 aromatic carbocycles. The molecule has 2 N–H and O–H groups in total. The summed E-state index contributed by atoms with van der Waals surface area (Å²) in [6.07, 6.45) is 1.66. The maximum atomic E-state index is 13.0. The second-order valence-corrected chi connectivity index (χ2v) is 7.30. The molecule has 2 aromatic heterocycles. The average molecular weight is 420 g/mol. The third-order valence-corrected chi connectivity index (χ3v) is 4.91. The number of benzene rings is 2. The molecule has 0 saturated heterocycles. The predicted octanol–water partition coefficient (Wildman–Crippen LogP) is 3.27. The van der Waals surface area contributed by atoms with Crippen molar-refractivity contribution in [1.29, 1.82) is 0 Å². The summed E-state index contributed by atoms with van der Waals surface area (Å²) in [5.74, 6) is -0.0339. The lowest BCUT2D eigenvalue weighted by Gasteiger charge is -2.15. The lowest BCUT2D eigenvalue weighted by molar-refractivity contribution is 0.0926. The molecule has 0 radical (unpaired) electrons. The molecule has 7 nitrogen and oxygen atoms in total. The van der Waals surface area contributed by atoms with E-state index in [0.717, 1.165) is 11.1 Å². The monoisotopic (exact) mass is 420 g/mol. The van der Waals surface area contributed by atoms with E-state index in [2.05, 4.69) is 15.3 Å². The molecule has 2 heterocycles. The number of H-pyrrole nitrogens is 1. The summed E-state index contributed by atoms with van der Waals surface area (Å²) in [4.78, 5) is 31.4. The van der Waals surface area contributed by atoms with Crippen molar-refractivity contribution in [2.24, 2.45) is 7.05 Å². The van der Waals surface area contributed by atoms with Crippen LogP contribution in [0.15, 0.2) is 65.6 Å². The smallest absolute Gasteiger partial charge is 0.327 e. The molecular weight excluding hydrogens is 399 g/mol. The maximum absolute atomic E-state index is 13.0. The van der Waals surface area contributed by atoms with Crippen LogP contribution < -0.4 is 15.7 Å². The van der Waals surface area contributed by atoms with Crippen LogP contribution in [0.25, 0.3) is 22.3 Å². The highest BCUT2D eigenvalue weighted by Crippen LogP contribution is 2.22. The fraction of sp³-hybridized carbons (Fsp3) is 0.174. The summed E-state index contributed by atoms with van der Waals surface area (Å²) >= 11 is 0. The summed E-state index contributed by atoms with van der Waals surface area (Å²) in [6.45, 7) is 2.08. The Bertz CT molecular complexity index is 1290. The fourth-order valence-corrected chi connectivity index (χ4v) is 3.20. The van der Waals surface area contributed by atoms with Crippen molar-refractivity contribution < 1.29 is 13.9 Å². The number of ether oxygens (including phenoxy) is 1. The van der Waals surface area contributed by atoms with Crippen molar-refractivity contribution >= 4 is 17.1 Å².